The summed E-state index contributed by atoms with van der Waals surface area (Å²) in [6.07, 6.45) is 6.51. The first-order chi connectivity index (χ1) is 9.24. The van der Waals surface area contributed by atoms with Gasteiger partial charge in [0.15, 0.2) is 5.96 Å². The number of imidazole rings is 1. The van der Waals surface area contributed by atoms with E-state index in [4.69, 9.17) is 0 Å². The summed E-state index contributed by atoms with van der Waals surface area (Å²) in [6, 6.07) is 4.58. The number of rotatable bonds is 3. The van der Waals surface area contributed by atoms with E-state index in [1.807, 2.05) is 28.9 Å². The summed E-state index contributed by atoms with van der Waals surface area (Å²) in [6.45, 7) is 0.672. The van der Waals surface area contributed by atoms with Gasteiger partial charge in [0.25, 0.3) is 0 Å². The van der Waals surface area contributed by atoms with E-state index in [-0.39, 0.29) is 0 Å². The second kappa shape index (κ2) is 5.21. The van der Waals surface area contributed by atoms with E-state index >= 15 is 0 Å². The summed E-state index contributed by atoms with van der Waals surface area (Å²) in [7, 11) is 1.79. The number of hydrogen-bond acceptors (Lipinski definition) is 2. The topological polar surface area (TPSA) is 53.7 Å². The Hall–Kier alpha value is -1.56. The van der Waals surface area contributed by atoms with Crippen molar-refractivity contribution in [3.63, 3.8) is 0 Å². The second-order valence-corrected chi connectivity index (χ2v) is 5.61. The molecule has 100 valence electrons. The molecule has 2 aromatic rings. The van der Waals surface area contributed by atoms with Gasteiger partial charge in [-0.25, -0.2) is 4.98 Å². The Kier molecular flexibility index (Phi) is 3.42. The van der Waals surface area contributed by atoms with Crippen LogP contribution in [-0.4, -0.2) is 28.4 Å². The Morgan fingerprint density at radius 3 is 3.05 bits per heavy atom. The molecule has 2 heterocycles. The van der Waals surface area contributed by atoms with Gasteiger partial charge in [0.05, 0.1) is 12.2 Å². The average molecular weight is 322 g/mol. The number of hydrogen-bond donors (Lipinski definition) is 2. The first-order valence-corrected chi connectivity index (χ1v) is 7.14. The Morgan fingerprint density at radius 2 is 2.32 bits per heavy atom. The third-order valence-corrected chi connectivity index (χ3v) is 3.51. The van der Waals surface area contributed by atoms with Gasteiger partial charge in [-0.05, 0) is 40.9 Å². The number of aliphatic imine (C=N–C) groups is 1. The lowest BCUT2D eigenvalue weighted by atomic mass is 10.5. The predicted molar refractivity (Wildman–Crippen MR) is 79.2 cm³/mol. The summed E-state index contributed by atoms with van der Waals surface area (Å²) in [5, 5.41) is 6.63. The number of halogens is 1. The highest BCUT2D eigenvalue weighted by atomic mass is 79.9. The standard InChI is InChI=1S/C13H16BrN5/c1-15-13(18-10-3-4-10)16-6-11-8-19-7-9(14)2-5-12(19)17-11/h2,5,7-8,10H,3-4,6H2,1H3,(H2,15,16,18). The fraction of sp³-hybridized carbons (Fsp3) is 0.385. The average Bonchev–Trinajstić information content (AvgIpc) is 3.13. The van der Waals surface area contributed by atoms with E-state index in [0.717, 1.165) is 21.8 Å². The summed E-state index contributed by atoms with van der Waals surface area (Å²) < 4.78 is 3.06. The highest BCUT2D eigenvalue weighted by molar-refractivity contribution is 9.10. The molecule has 0 saturated heterocycles. The van der Waals surface area contributed by atoms with E-state index in [1.165, 1.54) is 12.8 Å². The summed E-state index contributed by atoms with van der Waals surface area (Å²) in [5.74, 6) is 0.848. The molecular weight excluding hydrogens is 306 g/mol. The summed E-state index contributed by atoms with van der Waals surface area (Å²) in [5.41, 5.74) is 1.95. The lowest BCUT2D eigenvalue weighted by Gasteiger charge is -2.09. The monoisotopic (exact) mass is 321 g/mol. The van der Waals surface area contributed by atoms with Crippen LogP contribution < -0.4 is 10.6 Å². The maximum Gasteiger partial charge on any atom is 0.191 e. The maximum absolute atomic E-state index is 4.55. The van der Waals surface area contributed by atoms with Crippen molar-refractivity contribution >= 4 is 27.5 Å². The minimum absolute atomic E-state index is 0.600. The minimum atomic E-state index is 0.600. The van der Waals surface area contributed by atoms with Gasteiger partial charge in [-0.2, -0.15) is 0 Å². The van der Waals surface area contributed by atoms with Crippen molar-refractivity contribution in [1.29, 1.82) is 0 Å². The van der Waals surface area contributed by atoms with Crippen molar-refractivity contribution in [2.45, 2.75) is 25.4 Å². The Bertz CT molecular complexity index is 615. The molecule has 0 aromatic carbocycles. The van der Waals surface area contributed by atoms with Crippen molar-refractivity contribution in [2.24, 2.45) is 4.99 Å². The molecule has 1 fully saturated rings. The van der Waals surface area contributed by atoms with Gasteiger partial charge < -0.3 is 15.0 Å². The number of guanidine groups is 1. The van der Waals surface area contributed by atoms with Crippen molar-refractivity contribution in [3.8, 4) is 0 Å². The third kappa shape index (κ3) is 3.07. The Labute approximate surface area is 120 Å². The first kappa shape index (κ1) is 12.5. The zero-order valence-electron chi connectivity index (χ0n) is 10.7. The van der Waals surface area contributed by atoms with Crippen LogP contribution in [-0.2, 0) is 6.54 Å². The van der Waals surface area contributed by atoms with Gasteiger partial charge in [0.2, 0.25) is 0 Å². The van der Waals surface area contributed by atoms with Gasteiger partial charge in [0.1, 0.15) is 5.65 Å². The first-order valence-electron chi connectivity index (χ1n) is 6.35. The minimum Gasteiger partial charge on any atom is -0.354 e. The SMILES string of the molecule is CN=C(NCc1cn2cc(Br)ccc2n1)NC1CC1. The van der Waals surface area contributed by atoms with Gasteiger partial charge in [-0.15, -0.1) is 0 Å². The third-order valence-electron chi connectivity index (χ3n) is 3.04. The molecule has 0 unspecified atom stereocenters. The van der Waals surface area contributed by atoms with Crippen LogP contribution in [0.5, 0.6) is 0 Å². The lowest BCUT2D eigenvalue weighted by Crippen LogP contribution is -2.38. The number of nitrogens with zero attached hydrogens (tertiary/aromatic N) is 3. The normalized spacial score (nSPS) is 15.8. The zero-order chi connectivity index (χ0) is 13.2. The molecule has 1 aliphatic carbocycles. The van der Waals surface area contributed by atoms with E-state index in [1.54, 1.807) is 7.05 Å². The second-order valence-electron chi connectivity index (χ2n) is 4.69. The number of aromatic nitrogens is 2. The summed E-state index contributed by atoms with van der Waals surface area (Å²) in [4.78, 5) is 8.76. The van der Waals surface area contributed by atoms with E-state index in [0.29, 0.717) is 12.6 Å². The molecule has 0 aliphatic heterocycles. The van der Waals surface area contributed by atoms with Gasteiger partial charge in [-0.3, -0.25) is 4.99 Å². The number of fused-ring (bicyclic) bond motifs is 1. The molecule has 1 aliphatic rings. The molecule has 19 heavy (non-hydrogen) atoms. The molecule has 0 amide bonds. The van der Waals surface area contributed by atoms with Crippen LogP contribution in [0.15, 0.2) is 34.0 Å². The molecule has 0 spiro atoms. The molecular formula is C13H16BrN5. The van der Waals surface area contributed by atoms with Crippen LogP contribution >= 0.6 is 15.9 Å². The van der Waals surface area contributed by atoms with Crippen molar-refractivity contribution < 1.29 is 0 Å². The Morgan fingerprint density at radius 1 is 1.47 bits per heavy atom. The smallest absolute Gasteiger partial charge is 0.191 e. The van der Waals surface area contributed by atoms with E-state index < -0.39 is 0 Å². The molecule has 2 N–H and O–H groups in total. The Balaban J connectivity index is 1.67. The highest BCUT2D eigenvalue weighted by Gasteiger charge is 2.22. The summed E-state index contributed by atoms with van der Waals surface area (Å²) >= 11 is 3.46. The molecule has 1 saturated carbocycles. The molecule has 0 atom stereocenters. The fourth-order valence-corrected chi connectivity index (χ4v) is 2.25. The molecule has 5 nitrogen and oxygen atoms in total. The van der Waals surface area contributed by atoms with Gasteiger partial charge in [0, 0.05) is 30.0 Å². The van der Waals surface area contributed by atoms with Crippen molar-refractivity contribution in [1.82, 2.24) is 20.0 Å². The van der Waals surface area contributed by atoms with Crippen LogP contribution in [0.2, 0.25) is 0 Å². The van der Waals surface area contributed by atoms with Crippen LogP contribution in [0.1, 0.15) is 18.5 Å². The highest BCUT2D eigenvalue weighted by Crippen LogP contribution is 2.18. The largest absolute Gasteiger partial charge is 0.354 e. The van der Waals surface area contributed by atoms with Crippen molar-refractivity contribution in [2.75, 3.05) is 7.05 Å². The van der Waals surface area contributed by atoms with E-state index in [9.17, 15) is 0 Å². The van der Waals surface area contributed by atoms with Crippen LogP contribution in [0.4, 0.5) is 0 Å². The molecule has 0 bridgehead atoms. The van der Waals surface area contributed by atoms with Crippen molar-refractivity contribution in [3.05, 3.63) is 34.7 Å². The van der Waals surface area contributed by atoms with Crippen LogP contribution in [0.3, 0.4) is 0 Å². The predicted octanol–water partition coefficient (Wildman–Crippen LogP) is 1.92. The van der Waals surface area contributed by atoms with Crippen LogP contribution in [0, 0.1) is 0 Å². The number of pyridine rings is 1. The van der Waals surface area contributed by atoms with Crippen LogP contribution in [0.25, 0.3) is 5.65 Å². The van der Waals surface area contributed by atoms with Gasteiger partial charge >= 0.3 is 0 Å². The maximum atomic E-state index is 4.55. The fourth-order valence-electron chi connectivity index (χ4n) is 1.89. The molecule has 0 radical (unpaired) electrons. The van der Waals surface area contributed by atoms with E-state index in [2.05, 4.69) is 36.5 Å². The lowest BCUT2D eigenvalue weighted by molar-refractivity contribution is 0.795. The molecule has 6 heteroatoms. The molecule has 3 rings (SSSR count). The molecule has 2 aromatic heterocycles. The quantitative estimate of drug-likeness (QED) is 0.671. The van der Waals surface area contributed by atoms with Gasteiger partial charge in [-0.1, -0.05) is 0 Å². The number of nitrogens with one attached hydrogen (secondary N) is 2. The zero-order valence-corrected chi connectivity index (χ0v) is 12.3.